The molecule has 0 fully saturated rings. The predicted molar refractivity (Wildman–Crippen MR) is 148 cm³/mol. The van der Waals surface area contributed by atoms with E-state index in [1.165, 1.54) is 6.42 Å². The number of methoxy groups -OCH3 is 2. The van der Waals surface area contributed by atoms with Crippen molar-refractivity contribution in [3.63, 3.8) is 0 Å². The maximum Gasteiger partial charge on any atom is 0.333 e. The van der Waals surface area contributed by atoms with E-state index >= 15 is 0 Å². The topological polar surface area (TPSA) is 107 Å². The van der Waals surface area contributed by atoms with Crippen molar-refractivity contribution in [1.29, 1.82) is 0 Å². The van der Waals surface area contributed by atoms with Crippen molar-refractivity contribution in [3.8, 4) is 17.2 Å². The maximum atomic E-state index is 13.2. The van der Waals surface area contributed by atoms with Crippen molar-refractivity contribution in [2.24, 2.45) is 0 Å². The summed E-state index contributed by atoms with van der Waals surface area (Å²) >= 11 is 0. The molecule has 9 heteroatoms. The van der Waals surface area contributed by atoms with Crippen LogP contribution < -0.4 is 19.5 Å². The molecule has 210 valence electrons. The highest BCUT2D eigenvalue weighted by Gasteiger charge is 2.18. The number of amides is 2. The van der Waals surface area contributed by atoms with Gasteiger partial charge in [-0.15, -0.1) is 0 Å². The molecule has 2 amide bonds. The molecule has 0 heterocycles. The molecule has 0 radical (unpaired) electrons. The first kappa shape index (κ1) is 30.8. The number of carboxylic acids is 1. The number of nitrogens with one attached hydrogen (secondary N) is 1. The monoisotopic (exact) mass is 530 g/mol. The summed E-state index contributed by atoms with van der Waals surface area (Å²) in [6.45, 7) is 5.63. The second kappa shape index (κ2) is 17.1. The summed E-state index contributed by atoms with van der Waals surface area (Å²) in [5.74, 6) is 0.833. The number of ether oxygens (including phenoxy) is 4. The minimum Gasteiger partial charge on any atom is -0.497 e. The van der Waals surface area contributed by atoms with Crippen LogP contribution in [-0.2, 0) is 16.0 Å². The number of rotatable bonds is 18. The number of carbonyl (C=O) groups is 2. The Bertz CT molecular complexity index is 981. The fourth-order valence-electron chi connectivity index (χ4n) is 3.95. The quantitative estimate of drug-likeness (QED) is 0.241. The summed E-state index contributed by atoms with van der Waals surface area (Å²) in [4.78, 5) is 26.2. The van der Waals surface area contributed by atoms with E-state index in [4.69, 9.17) is 18.9 Å². The Morgan fingerprint density at radius 1 is 0.921 bits per heavy atom. The zero-order chi connectivity index (χ0) is 27.8. The summed E-state index contributed by atoms with van der Waals surface area (Å²) in [7, 11) is 3.13. The van der Waals surface area contributed by atoms with Gasteiger partial charge in [-0.25, -0.2) is 9.59 Å². The molecule has 2 rings (SSSR count). The third-order valence-electron chi connectivity index (χ3n) is 6.09. The van der Waals surface area contributed by atoms with Crippen molar-refractivity contribution in [2.75, 3.05) is 45.8 Å². The van der Waals surface area contributed by atoms with Crippen LogP contribution >= 0.6 is 0 Å². The van der Waals surface area contributed by atoms with Crippen molar-refractivity contribution >= 4 is 17.7 Å². The molecule has 0 spiro atoms. The van der Waals surface area contributed by atoms with E-state index in [0.29, 0.717) is 49.2 Å². The van der Waals surface area contributed by atoms with Crippen molar-refractivity contribution in [2.45, 2.75) is 58.5 Å². The largest absolute Gasteiger partial charge is 0.497 e. The highest BCUT2D eigenvalue weighted by Crippen LogP contribution is 2.29. The number of aliphatic carboxylic acids is 1. The number of carboxylic acid groups (broad SMARTS) is 1. The highest BCUT2D eigenvalue weighted by atomic mass is 16.5. The van der Waals surface area contributed by atoms with Gasteiger partial charge in [0.1, 0.15) is 23.9 Å². The van der Waals surface area contributed by atoms with Gasteiger partial charge < -0.3 is 34.3 Å². The minimum atomic E-state index is -0.979. The van der Waals surface area contributed by atoms with Crippen LogP contribution in [0.4, 0.5) is 10.5 Å². The van der Waals surface area contributed by atoms with Crippen LogP contribution in [0.15, 0.2) is 42.5 Å². The summed E-state index contributed by atoms with van der Waals surface area (Å²) in [5.41, 5.74) is 1.41. The Morgan fingerprint density at radius 2 is 1.63 bits per heavy atom. The Hall–Kier alpha value is -3.46. The molecule has 1 unspecified atom stereocenters. The molecule has 2 N–H and O–H groups in total. The summed E-state index contributed by atoms with van der Waals surface area (Å²) in [5, 5.41) is 12.2. The number of nitrogens with zero attached hydrogens (tertiary/aromatic N) is 1. The van der Waals surface area contributed by atoms with Gasteiger partial charge in [-0.1, -0.05) is 44.7 Å². The fraction of sp³-hybridized carbons (Fsp3) is 0.517. The first-order chi connectivity index (χ1) is 18.4. The molecular formula is C29H42N2O7. The first-order valence-corrected chi connectivity index (χ1v) is 13.3. The Kier molecular flexibility index (Phi) is 13.9. The van der Waals surface area contributed by atoms with E-state index in [-0.39, 0.29) is 12.5 Å². The average Bonchev–Trinajstić information content (AvgIpc) is 2.92. The molecule has 0 aromatic heterocycles. The highest BCUT2D eigenvalue weighted by molar-refractivity contribution is 5.91. The second-order valence-electron chi connectivity index (χ2n) is 8.88. The average molecular weight is 531 g/mol. The van der Waals surface area contributed by atoms with Crippen LogP contribution in [0.3, 0.4) is 0 Å². The number of unbranched alkanes of at least 4 members (excludes halogenated alkanes) is 4. The van der Waals surface area contributed by atoms with Gasteiger partial charge in [-0.2, -0.15) is 0 Å². The molecule has 0 bridgehead atoms. The Labute approximate surface area is 226 Å². The second-order valence-corrected chi connectivity index (χ2v) is 8.88. The number of benzene rings is 2. The SMILES string of the molecule is CCCCCCCN(CCOc1ccc(CC(OCC)C(=O)O)cc1)C(=O)Nc1ccc(OC)cc1OC. The molecule has 2 aromatic carbocycles. The Balaban J connectivity index is 1.97. The number of urea groups is 1. The van der Waals surface area contributed by atoms with Crippen molar-refractivity contribution < 1.29 is 33.6 Å². The molecule has 9 nitrogen and oxygen atoms in total. The van der Waals surface area contributed by atoms with Gasteiger partial charge in [0.15, 0.2) is 6.10 Å². The zero-order valence-corrected chi connectivity index (χ0v) is 23.0. The van der Waals surface area contributed by atoms with Gasteiger partial charge in [0.05, 0.1) is 26.5 Å². The molecular weight excluding hydrogens is 488 g/mol. The third kappa shape index (κ3) is 10.5. The lowest BCUT2D eigenvalue weighted by atomic mass is 10.1. The van der Waals surface area contributed by atoms with Gasteiger partial charge in [0.25, 0.3) is 0 Å². The van der Waals surface area contributed by atoms with E-state index in [1.807, 2.05) is 12.1 Å². The summed E-state index contributed by atoms with van der Waals surface area (Å²) < 4.78 is 21.8. The molecule has 38 heavy (non-hydrogen) atoms. The van der Waals surface area contributed by atoms with Crippen LogP contribution in [-0.4, -0.2) is 68.6 Å². The minimum absolute atomic E-state index is 0.224. The van der Waals surface area contributed by atoms with Crippen LogP contribution in [0.5, 0.6) is 17.2 Å². The molecule has 0 saturated heterocycles. The number of carbonyl (C=O) groups excluding carboxylic acids is 1. The summed E-state index contributed by atoms with van der Waals surface area (Å²) in [6, 6.07) is 12.3. The van der Waals surface area contributed by atoms with Gasteiger partial charge in [-0.05, 0) is 43.2 Å². The standard InChI is InChI=1S/C29H42N2O7/c1-5-7-8-9-10-17-31(29(34)30-25-16-15-24(35-3)21-26(25)36-4)18-19-38-23-13-11-22(12-14-23)20-27(28(32)33)37-6-2/h11-16,21,27H,5-10,17-20H2,1-4H3,(H,30,34)(H,32,33). The third-order valence-corrected chi connectivity index (χ3v) is 6.09. The van der Waals surface area contributed by atoms with E-state index in [1.54, 1.807) is 56.4 Å². The van der Waals surface area contributed by atoms with Crippen LogP contribution in [0.2, 0.25) is 0 Å². The van der Waals surface area contributed by atoms with Gasteiger partial charge in [0.2, 0.25) is 0 Å². The molecule has 2 aromatic rings. The molecule has 0 aliphatic carbocycles. The molecule has 0 aliphatic rings. The molecule has 1 atom stereocenters. The molecule has 0 aliphatic heterocycles. The lowest BCUT2D eigenvalue weighted by Gasteiger charge is -2.24. The van der Waals surface area contributed by atoms with Gasteiger partial charge in [-0.3, -0.25) is 0 Å². The lowest BCUT2D eigenvalue weighted by Crippen LogP contribution is -2.38. The normalized spacial score (nSPS) is 11.5. The van der Waals surface area contributed by atoms with E-state index in [2.05, 4.69) is 12.2 Å². The zero-order valence-electron chi connectivity index (χ0n) is 23.0. The fourth-order valence-corrected chi connectivity index (χ4v) is 3.95. The van der Waals surface area contributed by atoms with Crippen LogP contribution in [0.25, 0.3) is 0 Å². The summed E-state index contributed by atoms with van der Waals surface area (Å²) in [6.07, 6.45) is 4.87. The lowest BCUT2D eigenvalue weighted by molar-refractivity contribution is -0.149. The number of hydrogen-bond donors (Lipinski definition) is 2. The van der Waals surface area contributed by atoms with Gasteiger partial charge >= 0.3 is 12.0 Å². The first-order valence-electron chi connectivity index (χ1n) is 13.3. The smallest absolute Gasteiger partial charge is 0.333 e. The van der Waals surface area contributed by atoms with E-state index in [9.17, 15) is 14.7 Å². The predicted octanol–water partition coefficient (Wildman–Crippen LogP) is 5.62. The van der Waals surface area contributed by atoms with Crippen LogP contribution in [0.1, 0.15) is 51.5 Å². The Morgan fingerprint density at radius 3 is 2.26 bits per heavy atom. The maximum absolute atomic E-state index is 13.2. The van der Waals surface area contributed by atoms with Crippen molar-refractivity contribution in [3.05, 3.63) is 48.0 Å². The van der Waals surface area contributed by atoms with E-state index < -0.39 is 12.1 Å². The van der Waals surface area contributed by atoms with Crippen molar-refractivity contribution in [1.82, 2.24) is 4.90 Å². The molecule has 0 saturated carbocycles. The van der Waals surface area contributed by atoms with Crippen LogP contribution in [0, 0.1) is 0 Å². The number of hydrogen-bond acceptors (Lipinski definition) is 6. The number of anilines is 1. The van der Waals surface area contributed by atoms with E-state index in [0.717, 1.165) is 31.2 Å². The van der Waals surface area contributed by atoms with Gasteiger partial charge in [0, 0.05) is 25.6 Å².